The molecule has 0 spiro atoms. The van der Waals surface area contributed by atoms with Gasteiger partial charge in [0.15, 0.2) is 0 Å². The normalized spacial score (nSPS) is 25.8. The molecular formula is C28H28N2O5. The van der Waals surface area contributed by atoms with Gasteiger partial charge < -0.3 is 9.64 Å². The number of ether oxygens (including phenoxy) is 1. The minimum atomic E-state index is -0.596. The number of rotatable bonds is 5. The average Bonchev–Trinajstić information content (AvgIpc) is 3.37. The van der Waals surface area contributed by atoms with Crippen molar-refractivity contribution in [2.45, 2.75) is 33.1 Å². The molecule has 7 heteroatoms. The molecule has 3 aliphatic rings. The lowest BCUT2D eigenvalue weighted by Crippen LogP contribution is -2.31. The molecule has 35 heavy (non-hydrogen) atoms. The van der Waals surface area contributed by atoms with Gasteiger partial charge in [0.05, 0.1) is 23.4 Å². The summed E-state index contributed by atoms with van der Waals surface area (Å²) in [6, 6.07) is 14.2. The van der Waals surface area contributed by atoms with Crippen molar-refractivity contribution < 1.29 is 23.9 Å². The highest BCUT2D eigenvalue weighted by Gasteiger charge is 2.50. The van der Waals surface area contributed by atoms with Gasteiger partial charge >= 0.3 is 5.97 Å². The molecular weight excluding hydrogens is 444 g/mol. The minimum absolute atomic E-state index is 0.00287. The Bertz CT molecular complexity index is 1240. The zero-order valence-corrected chi connectivity index (χ0v) is 19.8. The fourth-order valence-corrected chi connectivity index (χ4v) is 5.46. The molecule has 5 rings (SSSR count). The van der Waals surface area contributed by atoms with Crippen LogP contribution in [0.4, 0.5) is 11.4 Å². The number of imide groups is 1. The maximum Gasteiger partial charge on any atom is 0.316 e. The summed E-state index contributed by atoms with van der Waals surface area (Å²) in [5, 5.41) is 0. The predicted molar refractivity (Wildman–Crippen MR) is 131 cm³/mol. The first-order chi connectivity index (χ1) is 16.9. The van der Waals surface area contributed by atoms with Crippen LogP contribution in [0.25, 0.3) is 0 Å². The number of amides is 3. The number of para-hydroxylation sites is 1. The number of carbonyl (C=O) groups excluding carboxylic acids is 4. The zero-order valence-electron chi connectivity index (χ0n) is 19.8. The molecule has 2 fully saturated rings. The summed E-state index contributed by atoms with van der Waals surface area (Å²) >= 11 is 0. The van der Waals surface area contributed by atoms with E-state index in [2.05, 4.69) is 0 Å². The van der Waals surface area contributed by atoms with E-state index in [1.165, 1.54) is 4.90 Å². The van der Waals surface area contributed by atoms with Gasteiger partial charge in [-0.1, -0.05) is 50.3 Å². The molecule has 2 aromatic rings. The Morgan fingerprint density at radius 3 is 2.63 bits per heavy atom. The van der Waals surface area contributed by atoms with Crippen molar-refractivity contribution in [1.29, 1.82) is 0 Å². The van der Waals surface area contributed by atoms with Crippen LogP contribution < -0.4 is 14.5 Å². The molecule has 2 heterocycles. The third kappa shape index (κ3) is 4.05. The molecule has 0 bridgehead atoms. The Morgan fingerprint density at radius 1 is 1.06 bits per heavy atom. The summed E-state index contributed by atoms with van der Waals surface area (Å²) in [5.74, 6) is -2.11. The van der Waals surface area contributed by atoms with Crippen molar-refractivity contribution in [3.05, 3.63) is 66.2 Å². The molecule has 2 aliphatic heterocycles. The second-order valence-corrected chi connectivity index (χ2v) is 9.47. The van der Waals surface area contributed by atoms with Crippen LogP contribution in [0.15, 0.2) is 60.7 Å². The van der Waals surface area contributed by atoms with Crippen LogP contribution >= 0.6 is 0 Å². The molecule has 180 valence electrons. The van der Waals surface area contributed by atoms with E-state index in [-0.39, 0.29) is 54.2 Å². The smallest absolute Gasteiger partial charge is 0.316 e. The van der Waals surface area contributed by atoms with Crippen molar-refractivity contribution in [2.24, 2.45) is 23.7 Å². The van der Waals surface area contributed by atoms with Crippen molar-refractivity contribution in [1.82, 2.24) is 0 Å². The molecule has 0 unspecified atom stereocenters. The average molecular weight is 473 g/mol. The second kappa shape index (κ2) is 9.13. The maximum absolute atomic E-state index is 13.1. The highest BCUT2D eigenvalue weighted by atomic mass is 16.5. The van der Waals surface area contributed by atoms with Crippen LogP contribution in [-0.2, 0) is 25.6 Å². The highest BCUT2D eigenvalue weighted by Crippen LogP contribution is 2.41. The number of anilines is 2. The fraction of sp³-hybridized carbons (Fsp3) is 0.357. The van der Waals surface area contributed by atoms with Crippen molar-refractivity contribution in [3.8, 4) is 5.75 Å². The Balaban J connectivity index is 1.31. The molecule has 0 radical (unpaired) electrons. The summed E-state index contributed by atoms with van der Waals surface area (Å²) in [6.07, 6.45) is 5.36. The summed E-state index contributed by atoms with van der Waals surface area (Å²) in [7, 11) is 0. The summed E-state index contributed by atoms with van der Waals surface area (Å²) in [6.45, 7) is 4.23. The van der Waals surface area contributed by atoms with Crippen LogP contribution in [-0.4, -0.2) is 30.2 Å². The number of benzene rings is 2. The minimum Gasteiger partial charge on any atom is -0.426 e. The monoisotopic (exact) mass is 472 g/mol. The fourth-order valence-electron chi connectivity index (χ4n) is 5.46. The van der Waals surface area contributed by atoms with E-state index in [0.717, 1.165) is 17.7 Å². The van der Waals surface area contributed by atoms with E-state index in [1.54, 1.807) is 29.2 Å². The highest BCUT2D eigenvalue weighted by molar-refractivity contribution is 6.22. The van der Waals surface area contributed by atoms with Crippen LogP contribution in [0.1, 0.15) is 32.3 Å². The molecule has 1 aliphatic carbocycles. The number of aryl methyl sites for hydroxylation is 1. The van der Waals surface area contributed by atoms with Gasteiger partial charge in [-0.25, -0.2) is 4.90 Å². The van der Waals surface area contributed by atoms with Gasteiger partial charge in [0.1, 0.15) is 5.75 Å². The first kappa shape index (κ1) is 23.0. The Morgan fingerprint density at radius 2 is 1.86 bits per heavy atom. The van der Waals surface area contributed by atoms with E-state index >= 15 is 0 Å². The van der Waals surface area contributed by atoms with Gasteiger partial charge in [0, 0.05) is 24.7 Å². The lowest BCUT2D eigenvalue weighted by Gasteiger charge is -2.22. The van der Waals surface area contributed by atoms with Crippen LogP contribution in [0.2, 0.25) is 0 Å². The molecule has 3 amide bonds. The van der Waals surface area contributed by atoms with E-state index in [9.17, 15) is 19.2 Å². The van der Waals surface area contributed by atoms with Gasteiger partial charge in [-0.2, -0.15) is 0 Å². The van der Waals surface area contributed by atoms with Gasteiger partial charge in [-0.3, -0.25) is 19.2 Å². The van der Waals surface area contributed by atoms with Gasteiger partial charge in [0.2, 0.25) is 17.7 Å². The largest absolute Gasteiger partial charge is 0.426 e. The number of fused-ring (bicyclic) bond motifs is 1. The predicted octanol–water partition coefficient (Wildman–Crippen LogP) is 3.91. The maximum atomic E-state index is 13.1. The number of hydrogen-bond donors (Lipinski definition) is 0. The molecule has 7 nitrogen and oxygen atoms in total. The van der Waals surface area contributed by atoms with Gasteiger partial charge in [-0.05, 0) is 42.5 Å². The quantitative estimate of drug-likeness (QED) is 0.285. The third-order valence-electron chi connectivity index (χ3n) is 7.29. The molecule has 4 atom stereocenters. The summed E-state index contributed by atoms with van der Waals surface area (Å²) in [4.78, 5) is 54.6. The summed E-state index contributed by atoms with van der Waals surface area (Å²) in [5.41, 5.74) is 2.27. The zero-order chi connectivity index (χ0) is 24.7. The Labute approximate surface area is 204 Å². The number of allylic oxidation sites excluding steroid dienone is 2. The molecule has 0 N–H and O–H groups in total. The molecule has 2 aromatic carbocycles. The van der Waals surface area contributed by atoms with Crippen molar-refractivity contribution in [3.63, 3.8) is 0 Å². The molecule has 0 aromatic heterocycles. The topological polar surface area (TPSA) is 84.0 Å². The summed E-state index contributed by atoms with van der Waals surface area (Å²) < 4.78 is 5.62. The molecule has 2 saturated heterocycles. The van der Waals surface area contributed by atoms with Crippen molar-refractivity contribution in [2.75, 3.05) is 16.3 Å². The van der Waals surface area contributed by atoms with Crippen LogP contribution in [0, 0.1) is 23.7 Å². The second-order valence-electron chi connectivity index (χ2n) is 9.47. The first-order valence-electron chi connectivity index (χ1n) is 12.1. The lowest BCUT2D eigenvalue weighted by atomic mass is 9.78. The number of hydrogen-bond acceptors (Lipinski definition) is 5. The first-order valence-corrected chi connectivity index (χ1v) is 12.1. The van der Waals surface area contributed by atoms with E-state index < -0.39 is 11.9 Å². The van der Waals surface area contributed by atoms with E-state index in [1.807, 2.05) is 50.3 Å². The van der Waals surface area contributed by atoms with Crippen LogP contribution in [0.5, 0.6) is 5.75 Å². The van der Waals surface area contributed by atoms with E-state index in [4.69, 9.17) is 4.74 Å². The Kier molecular flexibility index (Phi) is 6.01. The van der Waals surface area contributed by atoms with Crippen LogP contribution in [0.3, 0.4) is 0 Å². The van der Waals surface area contributed by atoms with E-state index in [0.29, 0.717) is 12.1 Å². The number of nitrogens with zero attached hydrogens (tertiary/aromatic N) is 2. The molecule has 0 saturated carbocycles. The lowest BCUT2D eigenvalue weighted by molar-refractivity contribution is -0.139. The number of carbonyl (C=O) groups is 4. The SMILES string of the molecule is CCc1ccccc1N1C[C@H](C(=O)Oc2cccc(N3C(=O)[C@H]4[C@@H](C)C=CC[C@H]4C3=O)c2)CC1=O. The standard InChI is InChI=1S/C28H28N2O5/c1-3-18-9-4-5-13-23(18)29-16-19(14-24(29)31)28(34)35-21-11-7-10-20(15-21)30-26(32)22-12-6-8-17(2)25(22)27(30)33/h4-11,13,15,17,19,22,25H,3,12,14,16H2,1-2H3/t17-,19+,22+,25-/m0/s1. The Hall–Kier alpha value is -3.74. The third-order valence-corrected chi connectivity index (χ3v) is 7.29. The van der Waals surface area contributed by atoms with Gasteiger partial charge in [-0.15, -0.1) is 0 Å². The van der Waals surface area contributed by atoms with Gasteiger partial charge in [0.25, 0.3) is 0 Å². The van der Waals surface area contributed by atoms with Crippen molar-refractivity contribution >= 4 is 35.1 Å². The number of esters is 1.